The van der Waals surface area contributed by atoms with Crippen LogP contribution in [-0.4, -0.2) is 39.0 Å². The number of aliphatic hydroxyl groups is 1. The number of carbonyl (C=O) groups is 1. The average Bonchev–Trinajstić information content (AvgIpc) is 2.30. The van der Waals surface area contributed by atoms with Gasteiger partial charge in [-0.15, -0.1) is 0 Å². The number of anilines is 1. The highest BCUT2D eigenvalue weighted by atomic mass is 35.5. The van der Waals surface area contributed by atoms with E-state index in [0.29, 0.717) is 0 Å². The second-order valence-corrected chi connectivity index (χ2v) is 6.40. The molecule has 0 aliphatic rings. The largest absolute Gasteiger partial charge is 0.514 e. The molecule has 1 aromatic rings. The van der Waals surface area contributed by atoms with Crippen LogP contribution in [0.25, 0.3) is 0 Å². The van der Waals surface area contributed by atoms with Crippen molar-refractivity contribution in [2.75, 3.05) is 5.32 Å². The zero-order valence-electron chi connectivity index (χ0n) is 13.0. The molecule has 0 aliphatic heterocycles. The van der Waals surface area contributed by atoms with Crippen molar-refractivity contribution in [3.05, 3.63) is 10.4 Å². The maximum absolute atomic E-state index is 11.8. The van der Waals surface area contributed by atoms with Crippen LogP contribution in [-0.2, 0) is 4.74 Å². The zero-order chi connectivity index (χ0) is 17.1. The first-order chi connectivity index (χ1) is 9.99. The fourth-order valence-corrected chi connectivity index (χ4v) is 1.70. The number of hydrogen-bond acceptors (Lipinski definition) is 7. The Morgan fingerprint density at radius 3 is 2.36 bits per heavy atom. The Labute approximate surface area is 138 Å². The third kappa shape index (κ3) is 5.82. The van der Waals surface area contributed by atoms with Gasteiger partial charge >= 0.3 is 6.16 Å². The molecule has 0 radical (unpaired) electrons. The molecule has 7 nitrogen and oxygen atoms in total. The molecule has 124 valence electrons. The Balaban J connectivity index is 3.04. The maximum atomic E-state index is 11.8. The first kappa shape index (κ1) is 18.7. The molecule has 0 unspecified atom stereocenters. The molecule has 0 saturated carbocycles. The van der Waals surface area contributed by atoms with E-state index >= 15 is 0 Å². The van der Waals surface area contributed by atoms with E-state index in [0.717, 1.165) is 0 Å². The molecule has 0 aromatic carbocycles. The van der Waals surface area contributed by atoms with Gasteiger partial charge in [0.2, 0.25) is 11.0 Å². The highest BCUT2D eigenvalue weighted by molar-refractivity contribution is 6.33. The minimum Gasteiger partial charge on any atom is -0.428 e. The average molecular weight is 352 g/mol. The predicted molar refractivity (Wildman–Crippen MR) is 83.7 cm³/mol. The number of nitrogens with one attached hydrogen (secondary N) is 1. The molecule has 22 heavy (non-hydrogen) atoms. The van der Waals surface area contributed by atoms with Gasteiger partial charge in [0, 0.05) is 0 Å². The van der Waals surface area contributed by atoms with E-state index in [4.69, 9.17) is 32.7 Å². The van der Waals surface area contributed by atoms with Gasteiger partial charge in [-0.05, 0) is 46.2 Å². The lowest BCUT2D eigenvalue weighted by atomic mass is 10.2. The minimum absolute atomic E-state index is 0.0873. The molecule has 0 fully saturated rings. The Hall–Kier alpha value is -1.31. The fourth-order valence-electron chi connectivity index (χ4n) is 1.28. The molecule has 0 saturated heterocycles. The second-order valence-electron chi connectivity index (χ2n) is 5.70. The summed E-state index contributed by atoms with van der Waals surface area (Å²) in [6, 6.07) is -0.386. The number of halogens is 2. The molecule has 1 rings (SSSR count). The smallest absolute Gasteiger partial charge is 0.428 e. The highest BCUT2D eigenvalue weighted by Crippen LogP contribution is 2.32. The molecular formula is C13H19Cl2N3O4. The minimum atomic E-state index is -0.951. The summed E-state index contributed by atoms with van der Waals surface area (Å²) >= 11 is 11.7. The summed E-state index contributed by atoms with van der Waals surface area (Å²) in [6.07, 6.45) is -1.63. The molecule has 0 amide bonds. The van der Waals surface area contributed by atoms with E-state index in [1.807, 2.05) is 0 Å². The van der Waals surface area contributed by atoms with Gasteiger partial charge in [-0.2, -0.15) is 4.98 Å². The van der Waals surface area contributed by atoms with Gasteiger partial charge in [0.15, 0.2) is 11.0 Å². The van der Waals surface area contributed by atoms with Crippen LogP contribution in [0.15, 0.2) is 0 Å². The van der Waals surface area contributed by atoms with Crippen LogP contribution in [0.5, 0.6) is 5.75 Å². The van der Waals surface area contributed by atoms with Crippen molar-refractivity contribution in [1.29, 1.82) is 0 Å². The number of hydrogen-bond donors (Lipinski definition) is 2. The number of rotatable bonds is 4. The molecule has 0 aliphatic carbocycles. The van der Waals surface area contributed by atoms with Crippen molar-refractivity contribution in [3.8, 4) is 5.75 Å². The number of aromatic nitrogens is 2. The summed E-state index contributed by atoms with van der Waals surface area (Å²) in [5.41, 5.74) is -0.725. The summed E-state index contributed by atoms with van der Waals surface area (Å²) in [5.74, 6) is -0.0305. The van der Waals surface area contributed by atoms with E-state index in [1.54, 1.807) is 34.6 Å². The van der Waals surface area contributed by atoms with Crippen LogP contribution < -0.4 is 10.1 Å². The molecule has 0 spiro atoms. The van der Waals surface area contributed by atoms with Crippen molar-refractivity contribution < 1.29 is 19.4 Å². The van der Waals surface area contributed by atoms with Crippen LogP contribution in [0.1, 0.15) is 34.6 Å². The summed E-state index contributed by atoms with van der Waals surface area (Å²) < 4.78 is 10.1. The first-order valence-electron chi connectivity index (χ1n) is 6.58. The number of aliphatic hydroxyl groups excluding tert-OH is 1. The van der Waals surface area contributed by atoms with Gasteiger partial charge < -0.3 is 19.9 Å². The lowest BCUT2D eigenvalue weighted by Gasteiger charge is -2.21. The number of nitrogens with zero attached hydrogens (tertiary/aromatic N) is 2. The van der Waals surface area contributed by atoms with Crippen LogP contribution in [0, 0.1) is 0 Å². The molecule has 0 bridgehead atoms. The Bertz CT molecular complexity index is 547. The Morgan fingerprint density at radius 1 is 1.27 bits per heavy atom. The summed E-state index contributed by atoms with van der Waals surface area (Å²) in [5, 5.41) is 12.1. The normalized spacial score (nSPS) is 14.2. The Morgan fingerprint density at radius 2 is 1.86 bits per heavy atom. The SMILES string of the molecule is C[C@H](O)[C@@H](C)Nc1nc(Cl)nc(Cl)c1OC(=O)OC(C)(C)C. The van der Waals surface area contributed by atoms with Crippen molar-refractivity contribution >= 4 is 35.2 Å². The van der Waals surface area contributed by atoms with Crippen molar-refractivity contribution in [3.63, 3.8) is 0 Å². The lowest BCUT2D eigenvalue weighted by Crippen LogP contribution is -2.29. The van der Waals surface area contributed by atoms with Gasteiger partial charge in [0.1, 0.15) is 5.60 Å². The van der Waals surface area contributed by atoms with Gasteiger partial charge in [-0.1, -0.05) is 11.6 Å². The van der Waals surface area contributed by atoms with Gasteiger partial charge in [0.25, 0.3) is 0 Å². The molecule has 1 aromatic heterocycles. The third-order valence-electron chi connectivity index (χ3n) is 2.46. The van der Waals surface area contributed by atoms with E-state index in [9.17, 15) is 9.90 Å². The molecular weight excluding hydrogens is 333 g/mol. The molecule has 2 N–H and O–H groups in total. The molecule has 9 heteroatoms. The van der Waals surface area contributed by atoms with E-state index in [-0.39, 0.29) is 28.0 Å². The van der Waals surface area contributed by atoms with Crippen molar-refractivity contribution in [2.45, 2.75) is 52.4 Å². The first-order valence-corrected chi connectivity index (χ1v) is 7.33. The van der Waals surface area contributed by atoms with Crippen LogP contribution in [0.4, 0.5) is 10.6 Å². The second kappa shape index (κ2) is 7.30. The van der Waals surface area contributed by atoms with Gasteiger partial charge in [-0.3, -0.25) is 0 Å². The van der Waals surface area contributed by atoms with E-state index < -0.39 is 17.9 Å². The summed E-state index contributed by atoms with van der Waals surface area (Å²) in [7, 11) is 0. The maximum Gasteiger partial charge on any atom is 0.514 e. The zero-order valence-corrected chi connectivity index (χ0v) is 14.5. The molecule has 2 atom stereocenters. The van der Waals surface area contributed by atoms with Gasteiger partial charge in [-0.25, -0.2) is 9.78 Å². The van der Waals surface area contributed by atoms with E-state index in [2.05, 4.69) is 15.3 Å². The number of carbonyl (C=O) groups excluding carboxylic acids is 1. The van der Waals surface area contributed by atoms with Crippen molar-refractivity contribution in [1.82, 2.24) is 9.97 Å². The third-order valence-corrected chi connectivity index (χ3v) is 2.89. The van der Waals surface area contributed by atoms with Crippen LogP contribution >= 0.6 is 23.2 Å². The monoisotopic (exact) mass is 351 g/mol. The Kier molecular flexibility index (Phi) is 6.22. The van der Waals surface area contributed by atoms with Gasteiger partial charge in [0.05, 0.1) is 12.1 Å². The fraction of sp³-hybridized carbons (Fsp3) is 0.615. The number of ether oxygens (including phenoxy) is 2. The summed E-state index contributed by atoms with van der Waals surface area (Å²) in [4.78, 5) is 19.4. The summed E-state index contributed by atoms with van der Waals surface area (Å²) in [6.45, 7) is 8.40. The van der Waals surface area contributed by atoms with Crippen LogP contribution in [0.3, 0.4) is 0 Å². The van der Waals surface area contributed by atoms with Crippen LogP contribution in [0.2, 0.25) is 10.4 Å². The molecule has 1 heterocycles. The topological polar surface area (TPSA) is 93.6 Å². The lowest BCUT2D eigenvalue weighted by molar-refractivity contribution is 0.0206. The van der Waals surface area contributed by atoms with E-state index in [1.165, 1.54) is 0 Å². The standard InChI is InChI=1S/C13H19Cl2N3O4/c1-6(7(2)19)16-10-8(9(14)17-11(15)18-10)21-12(20)22-13(3,4)5/h6-7,19H,1-5H3,(H,16,17,18)/t6-,7+/m1/s1. The quantitative estimate of drug-likeness (QED) is 0.488. The predicted octanol–water partition coefficient (Wildman–Crippen LogP) is 3.28. The van der Waals surface area contributed by atoms with Crippen molar-refractivity contribution in [2.24, 2.45) is 0 Å². The highest BCUT2D eigenvalue weighted by Gasteiger charge is 2.24.